The van der Waals surface area contributed by atoms with E-state index in [0.29, 0.717) is 5.67 Å². The largest absolute Gasteiger partial charge is 0.340 e. The summed E-state index contributed by atoms with van der Waals surface area (Å²) in [6.45, 7) is 0. The van der Waals surface area contributed by atoms with Crippen LogP contribution in [0.3, 0.4) is 0 Å². The Morgan fingerprint density at radius 3 is 2.00 bits per heavy atom. The molecular formula is CHCl2NO2S. The highest BCUT2D eigenvalue weighted by molar-refractivity contribution is 8.12. The summed E-state index contributed by atoms with van der Waals surface area (Å²) in [7, 11) is 0.759. The Balaban J connectivity index is 4.13. The van der Waals surface area contributed by atoms with Crippen LogP contribution in [0.1, 0.15) is 0 Å². The van der Waals surface area contributed by atoms with Crippen molar-refractivity contribution < 1.29 is 8.42 Å². The Morgan fingerprint density at radius 2 is 2.00 bits per heavy atom. The fourth-order valence-corrected chi connectivity index (χ4v) is 0.699. The van der Waals surface area contributed by atoms with Crippen molar-refractivity contribution >= 4 is 37.2 Å². The number of rotatable bonds is 1. The lowest BCUT2D eigenvalue weighted by Gasteiger charge is -1.72. The number of halogens is 2. The molecular weight excluding hydrogens is 161 g/mol. The zero-order valence-electron chi connectivity index (χ0n) is 3.01. The average Bonchev–Trinajstić information content (AvgIpc) is 1.30. The molecule has 0 saturated heterocycles. The van der Waals surface area contributed by atoms with Crippen LogP contribution in [0.15, 0.2) is 4.40 Å². The second kappa shape index (κ2) is 2.49. The lowest BCUT2D eigenvalue weighted by molar-refractivity contribution is 0.611. The first-order chi connectivity index (χ1) is 3.06. The first kappa shape index (κ1) is 7.20. The van der Waals surface area contributed by atoms with Crippen molar-refractivity contribution in [2.24, 2.45) is 4.40 Å². The van der Waals surface area contributed by atoms with Crippen molar-refractivity contribution in [3.05, 3.63) is 0 Å². The van der Waals surface area contributed by atoms with Gasteiger partial charge in [0.2, 0.25) is 0 Å². The highest BCUT2D eigenvalue weighted by Gasteiger charge is 1.93. The highest BCUT2D eigenvalue weighted by atomic mass is 35.7. The van der Waals surface area contributed by atoms with Crippen molar-refractivity contribution in [1.82, 2.24) is 0 Å². The molecule has 3 nitrogen and oxygen atoms in total. The predicted octanol–water partition coefficient (Wildman–Crippen LogP) is 0.737. The second-order valence-corrected chi connectivity index (χ2v) is 3.02. The predicted molar refractivity (Wildman–Crippen MR) is 29.1 cm³/mol. The Labute approximate surface area is 50.5 Å². The van der Waals surface area contributed by atoms with Gasteiger partial charge in [0, 0.05) is 10.7 Å². The van der Waals surface area contributed by atoms with Gasteiger partial charge in [0.25, 0.3) is 0 Å². The van der Waals surface area contributed by atoms with E-state index < -0.39 is 9.24 Å². The van der Waals surface area contributed by atoms with E-state index in [4.69, 9.17) is 11.6 Å². The smallest absolute Gasteiger partial charge is 0.187 e. The molecule has 0 radical (unpaired) electrons. The molecule has 0 aliphatic heterocycles. The summed E-state index contributed by atoms with van der Waals surface area (Å²) in [4.78, 5) is 0. The summed E-state index contributed by atoms with van der Waals surface area (Å²) in [5, 5.41) is 0. The monoisotopic (exact) mass is 161 g/mol. The van der Waals surface area contributed by atoms with Gasteiger partial charge in [0.05, 0.1) is 0 Å². The fourth-order valence-electron chi connectivity index (χ4n) is 0.0476. The molecule has 0 N–H and O–H groups in total. The average molecular weight is 162 g/mol. The Hall–Kier alpha value is 0.200. The van der Waals surface area contributed by atoms with Crippen LogP contribution in [0.25, 0.3) is 0 Å². The minimum atomic E-state index is -3.76. The molecule has 42 valence electrons. The van der Waals surface area contributed by atoms with Gasteiger partial charge in [-0.3, -0.25) is 0 Å². The molecule has 6 heteroatoms. The minimum absolute atomic E-state index is 0.586. The van der Waals surface area contributed by atoms with Gasteiger partial charge in [-0.05, 0) is 0 Å². The van der Waals surface area contributed by atoms with E-state index >= 15 is 0 Å². The van der Waals surface area contributed by atoms with Gasteiger partial charge >= 0.3 is 9.24 Å². The molecule has 0 saturated carbocycles. The van der Waals surface area contributed by atoms with Crippen LogP contribution >= 0.6 is 22.3 Å². The first-order valence-electron chi connectivity index (χ1n) is 1.15. The number of nitrogens with zero attached hydrogens (tertiary/aromatic N) is 1. The SMILES string of the molecule is O=S(=O)(Cl)N=CCl. The minimum Gasteiger partial charge on any atom is -0.187 e. The molecule has 0 aliphatic rings. The van der Waals surface area contributed by atoms with Gasteiger partial charge in [0.1, 0.15) is 5.67 Å². The molecule has 0 aromatic carbocycles. The maximum absolute atomic E-state index is 9.71. The summed E-state index contributed by atoms with van der Waals surface area (Å²) in [5.74, 6) is 0. The molecule has 0 aromatic rings. The third-order valence-electron chi connectivity index (χ3n) is 0.166. The molecule has 0 heterocycles. The zero-order chi connectivity index (χ0) is 5.91. The van der Waals surface area contributed by atoms with Crippen LogP contribution in [-0.2, 0) is 9.24 Å². The van der Waals surface area contributed by atoms with E-state index in [1.165, 1.54) is 0 Å². The van der Waals surface area contributed by atoms with Crippen LogP contribution in [0.4, 0.5) is 0 Å². The molecule has 0 bridgehead atoms. The van der Waals surface area contributed by atoms with Gasteiger partial charge in [-0.1, -0.05) is 11.6 Å². The Morgan fingerprint density at radius 1 is 1.57 bits per heavy atom. The summed E-state index contributed by atoms with van der Waals surface area (Å²) in [6.07, 6.45) is 0. The van der Waals surface area contributed by atoms with Crippen molar-refractivity contribution in [1.29, 1.82) is 0 Å². The molecule has 0 fully saturated rings. The van der Waals surface area contributed by atoms with E-state index in [2.05, 4.69) is 15.1 Å². The maximum Gasteiger partial charge on any atom is 0.340 e. The van der Waals surface area contributed by atoms with E-state index in [0.717, 1.165) is 0 Å². The third-order valence-corrected chi connectivity index (χ3v) is 0.975. The van der Waals surface area contributed by atoms with Crippen LogP contribution in [0, 0.1) is 0 Å². The summed E-state index contributed by atoms with van der Waals surface area (Å²) >= 11 is 4.73. The molecule has 7 heavy (non-hydrogen) atoms. The van der Waals surface area contributed by atoms with E-state index in [1.807, 2.05) is 0 Å². The first-order valence-corrected chi connectivity index (χ1v) is 3.85. The maximum atomic E-state index is 9.71. The van der Waals surface area contributed by atoms with Gasteiger partial charge in [-0.15, -0.1) is 4.40 Å². The van der Waals surface area contributed by atoms with Crippen molar-refractivity contribution in [3.8, 4) is 0 Å². The number of hydrogen-bond donors (Lipinski definition) is 0. The molecule has 0 amide bonds. The lowest BCUT2D eigenvalue weighted by Crippen LogP contribution is -1.77. The van der Waals surface area contributed by atoms with Gasteiger partial charge in [0.15, 0.2) is 0 Å². The molecule has 0 unspecified atom stereocenters. The lowest BCUT2D eigenvalue weighted by atomic mass is 11.7. The second-order valence-electron chi connectivity index (χ2n) is 0.615. The van der Waals surface area contributed by atoms with Crippen LogP contribution in [0.5, 0.6) is 0 Å². The summed E-state index contributed by atoms with van der Waals surface area (Å²) < 4.78 is 22.1. The third kappa shape index (κ3) is 6.20. The van der Waals surface area contributed by atoms with Gasteiger partial charge in [-0.25, -0.2) is 0 Å². The Bertz CT molecular complexity index is 159. The van der Waals surface area contributed by atoms with E-state index in [-0.39, 0.29) is 0 Å². The van der Waals surface area contributed by atoms with Crippen LogP contribution in [0.2, 0.25) is 0 Å². The van der Waals surface area contributed by atoms with E-state index in [9.17, 15) is 8.42 Å². The highest BCUT2D eigenvalue weighted by Crippen LogP contribution is 1.95. The van der Waals surface area contributed by atoms with Crippen molar-refractivity contribution in [2.75, 3.05) is 0 Å². The number of hydrogen-bond acceptors (Lipinski definition) is 2. The Kier molecular flexibility index (Phi) is 2.56. The molecule has 0 aliphatic carbocycles. The normalized spacial score (nSPS) is 12.9. The van der Waals surface area contributed by atoms with E-state index in [1.54, 1.807) is 0 Å². The van der Waals surface area contributed by atoms with Crippen LogP contribution < -0.4 is 0 Å². The summed E-state index contributed by atoms with van der Waals surface area (Å²) in [6, 6.07) is 0. The zero-order valence-corrected chi connectivity index (χ0v) is 5.33. The van der Waals surface area contributed by atoms with Crippen LogP contribution in [-0.4, -0.2) is 14.1 Å². The quantitative estimate of drug-likeness (QED) is 0.421. The van der Waals surface area contributed by atoms with Gasteiger partial charge in [-0.2, -0.15) is 8.42 Å². The molecule has 0 spiro atoms. The standard InChI is InChI=1S/CHCl2NO2S/c2-1-4-7(3,5)6/h1H. The van der Waals surface area contributed by atoms with Crippen molar-refractivity contribution in [2.45, 2.75) is 0 Å². The fraction of sp³-hybridized carbons (Fsp3) is 0. The molecule has 0 rings (SSSR count). The van der Waals surface area contributed by atoms with Gasteiger partial charge < -0.3 is 0 Å². The topological polar surface area (TPSA) is 46.5 Å². The molecule has 0 atom stereocenters. The summed E-state index contributed by atoms with van der Waals surface area (Å²) in [5.41, 5.74) is 0.586. The molecule has 0 aromatic heterocycles. The van der Waals surface area contributed by atoms with Crippen molar-refractivity contribution in [3.63, 3.8) is 0 Å².